The van der Waals surface area contributed by atoms with Crippen molar-refractivity contribution in [2.75, 3.05) is 0 Å². The number of rotatable bonds is 7. The molecule has 0 aliphatic rings. The van der Waals surface area contributed by atoms with Crippen molar-refractivity contribution in [2.24, 2.45) is 0 Å². The summed E-state index contributed by atoms with van der Waals surface area (Å²) < 4.78 is 3.89. The van der Waals surface area contributed by atoms with Gasteiger partial charge in [-0.05, 0) is 12.5 Å². The van der Waals surface area contributed by atoms with Crippen LogP contribution in [0.2, 0.25) is 0 Å². The SMILES string of the molecule is CCc1nccn1CCC(=O)NC(CC)c1cn2cccnc2n1. The van der Waals surface area contributed by atoms with E-state index in [0.29, 0.717) is 18.7 Å². The summed E-state index contributed by atoms with van der Waals surface area (Å²) in [6.07, 6.45) is 11.3. The molecular formula is C17H22N6O. The first kappa shape index (κ1) is 16.2. The number of hydrogen-bond donors (Lipinski definition) is 1. The van der Waals surface area contributed by atoms with Gasteiger partial charge in [-0.2, -0.15) is 0 Å². The Balaban J connectivity index is 1.63. The molecule has 3 rings (SSSR count). The Morgan fingerprint density at radius 3 is 2.88 bits per heavy atom. The molecule has 1 atom stereocenters. The Morgan fingerprint density at radius 1 is 1.25 bits per heavy atom. The fourth-order valence-electron chi connectivity index (χ4n) is 2.75. The number of amides is 1. The molecule has 126 valence electrons. The molecule has 0 saturated heterocycles. The van der Waals surface area contributed by atoms with E-state index in [0.717, 1.165) is 24.4 Å². The number of nitrogens with one attached hydrogen (secondary N) is 1. The predicted molar refractivity (Wildman–Crippen MR) is 90.4 cm³/mol. The molecule has 0 saturated carbocycles. The van der Waals surface area contributed by atoms with Gasteiger partial charge in [-0.15, -0.1) is 0 Å². The first-order chi connectivity index (χ1) is 11.7. The normalized spacial score (nSPS) is 12.4. The lowest BCUT2D eigenvalue weighted by molar-refractivity contribution is -0.122. The molecule has 3 heterocycles. The maximum absolute atomic E-state index is 12.3. The Bertz CT molecular complexity index is 788. The standard InChI is InChI=1S/C17H22N6O/c1-3-13(14-12-23-9-5-7-19-17(23)21-14)20-16(24)6-10-22-11-8-18-15(22)4-2/h5,7-9,11-13H,3-4,6,10H2,1-2H3,(H,20,24). The maximum atomic E-state index is 12.3. The van der Waals surface area contributed by atoms with Crippen molar-refractivity contribution in [3.8, 4) is 0 Å². The molecule has 7 nitrogen and oxygen atoms in total. The number of nitrogens with zero attached hydrogens (tertiary/aromatic N) is 5. The van der Waals surface area contributed by atoms with Crippen molar-refractivity contribution in [2.45, 2.75) is 45.7 Å². The molecule has 0 aliphatic carbocycles. The Hall–Kier alpha value is -2.70. The van der Waals surface area contributed by atoms with Crippen molar-refractivity contribution in [3.63, 3.8) is 0 Å². The fourth-order valence-corrected chi connectivity index (χ4v) is 2.75. The first-order valence-electron chi connectivity index (χ1n) is 8.30. The third-order valence-electron chi connectivity index (χ3n) is 4.05. The lowest BCUT2D eigenvalue weighted by atomic mass is 10.1. The molecular weight excluding hydrogens is 304 g/mol. The smallest absolute Gasteiger partial charge is 0.233 e. The second kappa shape index (κ2) is 7.25. The van der Waals surface area contributed by atoms with Gasteiger partial charge >= 0.3 is 0 Å². The van der Waals surface area contributed by atoms with Crippen LogP contribution < -0.4 is 5.32 Å². The van der Waals surface area contributed by atoms with Crippen LogP contribution in [0.15, 0.2) is 37.1 Å². The summed E-state index contributed by atoms with van der Waals surface area (Å²) in [7, 11) is 0. The van der Waals surface area contributed by atoms with Gasteiger partial charge in [0.2, 0.25) is 11.7 Å². The monoisotopic (exact) mass is 326 g/mol. The van der Waals surface area contributed by atoms with Crippen LogP contribution >= 0.6 is 0 Å². The number of imidazole rings is 2. The van der Waals surface area contributed by atoms with Crippen LogP contribution in [0.3, 0.4) is 0 Å². The highest BCUT2D eigenvalue weighted by molar-refractivity contribution is 5.76. The van der Waals surface area contributed by atoms with Crippen molar-refractivity contribution in [3.05, 3.63) is 48.6 Å². The van der Waals surface area contributed by atoms with Crippen molar-refractivity contribution in [1.29, 1.82) is 0 Å². The lowest BCUT2D eigenvalue weighted by Crippen LogP contribution is -2.29. The van der Waals surface area contributed by atoms with E-state index in [1.54, 1.807) is 12.4 Å². The number of aryl methyl sites for hydroxylation is 2. The molecule has 1 unspecified atom stereocenters. The summed E-state index contributed by atoms with van der Waals surface area (Å²) in [5.41, 5.74) is 0.835. The van der Waals surface area contributed by atoms with E-state index >= 15 is 0 Å². The molecule has 3 aromatic rings. The van der Waals surface area contributed by atoms with E-state index in [-0.39, 0.29) is 11.9 Å². The average Bonchev–Trinajstić information content (AvgIpc) is 3.23. The van der Waals surface area contributed by atoms with Crippen LogP contribution in [0.1, 0.15) is 44.2 Å². The van der Waals surface area contributed by atoms with Crippen LogP contribution in [0.25, 0.3) is 5.78 Å². The van der Waals surface area contributed by atoms with Gasteiger partial charge in [-0.25, -0.2) is 15.0 Å². The molecule has 0 fully saturated rings. The Kier molecular flexibility index (Phi) is 4.88. The summed E-state index contributed by atoms with van der Waals surface area (Å²) >= 11 is 0. The van der Waals surface area contributed by atoms with Gasteiger partial charge in [0.05, 0.1) is 11.7 Å². The molecule has 24 heavy (non-hydrogen) atoms. The maximum Gasteiger partial charge on any atom is 0.233 e. The third kappa shape index (κ3) is 3.45. The van der Waals surface area contributed by atoms with Gasteiger partial charge in [0.25, 0.3) is 0 Å². The van der Waals surface area contributed by atoms with Crippen LogP contribution in [-0.4, -0.2) is 29.8 Å². The highest BCUT2D eigenvalue weighted by Gasteiger charge is 2.16. The van der Waals surface area contributed by atoms with Gasteiger partial charge in [0.15, 0.2) is 0 Å². The predicted octanol–water partition coefficient (Wildman–Crippen LogP) is 2.15. The third-order valence-corrected chi connectivity index (χ3v) is 4.05. The summed E-state index contributed by atoms with van der Waals surface area (Å²) in [6.45, 7) is 4.73. The lowest BCUT2D eigenvalue weighted by Gasteiger charge is -2.15. The number of hydrogen-bond acceptors (Lipinski definition) is 4. The quantitative estimate of drug-likeness (QED) is 0.721. The summed E-state index contributed by atoms with van der Waals surface area (Å²) in [4.78, 5) is 25.3. The van der Waals surface area contributed by atoms with Crippen LogP contribution in [-0.2, 0) is 17.8 Å². The van der Waals surface area contributed by atoms with Gasteiger partial charge in [0, 0.05) is 50.4 Å². The zero-order chi connectivity index (χ0) is 16.9. The topological polar surface area (TPSA) is 77.1 Å². The highest BCUT2D eigenvalue weighted by atomic mass is 16.1. The van der Waals surface area contributed by atoms with Gasteiger partial charge in [-0.3, -0.25) is 9.20 Å². The summed E-state index contributed by atoms with van der Waals surface area (Å²) in [5, 5.41) is 3.07. The average molecular weight is 326 g/mol. The van der Waals surface area contributed by atoms with Crippen molar-refractivity contribution >= 4 is 11.7 Å². The van der Waals surface area contributed by atoms with Crippen molar-refractivity contribution < 1.29 is 4.79 Å². The molecule has 0 radical (unpaired) electrons. The minimum Gasteiger partial charge on any atom is -0.348 e. The van der Waals surface area contributed by atoms with Gasteiger partial charge in [-0.1, -0.05) is 13.8 Å². The number of fused-ring (bicyclic) bond motifs is 1. The van der Waals surface area contributed by atoms with Crippen molar-refractivity contribution in [1.82, 2.24) is 29.2 Å². The number of carbonyl (C=O) groups is 1. The first-order valence-corrected chi connectivity index (χ1v) is 8.30. The minimum atomic E-state index is -0.104. The summed E-state index contributed by atoms with van der Waals surface area (Å²) in [5.74, 6) is 1.66. The van der Waals surface area contributed by atoms with E-state index in [1.165, 1.54) is 0 Å². The van der Waals surface area contributed by atoms with E-state index in [1.807, 2.05) is 40.5 Å². The van der Waals surface area contributed by atoms with Crippen LogP contribution in [0.4, 0.5) is 0 Å². The van der Waals surface area contributed by atoms with Crippen LogP contribution in [0, 0.1) is 0 Å². The van der Waals surface area contributed by atoms with E-state index in [4.69, 9.17) is 0 Å². The summed E-state index contributed by atoms with van der Waals surface area (Å²) in [6, 6.07) is 1.75. The molecule has 0 spiro atoms. The Morgan fingerprint density at radius 2 is 2.12 bits per heavy atom. The molecule has 3 aromatic heterocycles. The van der Waals surface area contributed by atoms with E-state index in [9.17, 15) is 4.79 Å². The Labute approximate surface area is 140 Å². The second-order valence-electron chi connectivity index (χ2n) is 5.66. The number of aromatic nitrogens is 5. The zero-order valence-corrected chi connectivity index (χ0v) is 14.0. The van der Waals surface area contributed by atoms with Gasteiger partial charge < -0.3 is 9.88 Å². The second-order valence-corrected chi connectivity index (χ2v) is 5.66. The molecule has 0 bridgehead atoms. The molecule has 1 amide bonds. The van der Waals surface area contributed by atoms with E-state index in [2.05, 4.69) is 27.2 Å². The molecule has 0 aromatic carbocycles. The molecule has 7 heteroatoms. The largest absolute Gasteiger partial charge is 0.348 e. The fraction of sp³-hybridized carbons (Fsp3) is 0.412. The highest BCUT2D eigenvalue weighted by Crippen LogP contribution is 2.16. The zero-order valence-electron chi connectivity index (χ0n) is 14.0. The van der Waals surface area contributed by atoms with Gasteiger partial charge in [0.1, 0.15) is 5.82 Å². The van der Waals surface area contributed by atoms with Crippen LogP contribution in [0.5, 0.6) is 0 Å². The van der Waals surface area contributed by atoms with E-state index < -0.39 is 0 Å². The number of carbonyl (C=O) groups excluding carboxylic acids is 1. The molecule has 0 aliphatic heterocycles. The molecule has 1 N–H and O–H groups in total. The minimum absolute atomic E-state index is 0.0163.